The first kappa shape index (κ1) is 20.5. The predicted molar refractivity (Wildman–Crippen MR) is 122 cm³/mol. The van der Waals surface area contributed by atoms with Crippen LogP contribution in [-0.2, 0) is 0 Å². The van der Waals surface area contributed by atoms with Gasteiger partial charge in [0, 0.05) is 0 Å². The molecule has 0 heterocycles. The van der Waals surface area contributed by atoms with Gasteiger partial charge in [0.05, 0.1) is 0 Å². The lowest BCUT2D eigenvalue weighted by molar-refractivity contribution is -0.108. The molecule has 0 saturated heterocycles. The molecule has 4 rings (SSSR count). The molecule has 28 heavy (non-hydrogen) atoms. The fraction of sp³-hybridized carbons (Fsp3) is 0.786. The third-order valence-corrected chi connectivity index (χ3v) is 9.98. The molecule has 4 aliphatic rings. The molecule has 0 heteroatoms. The van der Waals surface area contributed by atoms with E-state index in [1.807, 2.05) is 5.57 Å². The summed E-state index contributed by atoms with van der Waals surface area (Å²) in [6.07, 6.45) is 20.1. The Hall–Kier alpha value is -0.780. The molecule has 0 amide bonds. The first-order chi connectivity index (χ1) is 13.3. The summed E-state index contributed by atoms with van der Waals surface area (Å²) in [5.41, 5.74) is 6.23. The minimum Gasteiger partial charge on any atom is -0.0877 e. The zero-order valence-electron chi connectivity index (χ0n) is 19.5. The lowest BCUT2D eigenvalue weighted by atomic mass is 9.43. The van der Waals surface area contributed by atoms with Gasteiger partial charge in [-0.1, -0.05) is 55.7 Å². The number of hydrogen-bond donors (Lipinski definition) is 0. The van der Waals surface area contributed by atoms with Gasteiger partial charge in [0.1, 0.15) is 0 Å². The van der Waals surface area contributed by atoms with Gasteiger partial charge in [-0.05, 0) is 119 Å². The first-order valence-corrected chi connectivity index (χ1v) is 12.3. The lowest BCUT2D eigenvalue weighted by Crippen LogP contribution is -2.54. The maximum atomic E-state index is 2.71. The molecule has 0 N–H and O–H groups in total. The lowest BCUT2D eigenvalue weighted by Gasteiger charge is -2.61. The minimum atomic E-state index is 0.565. The molecule has 3 fully saturated rings. The van der Waals surface area contributed by atoms with Crippen molar-refractivity contribution < 1.29 is 0 Å². The normalized spacial score (nSPS) is 46.4. The molecule has 156 valence electrons. The predicted octanol–water partition coefficient (Wildman–Crippen LogP) is 8.50. The maximum absolute atomic E-state index is 2.71. The van der Waals surface area contributed by atoms with Crippen molar-refractivity contribution in [3.8, 4) is 0 Å². The van der Waals surface area contributed by atoms with Crippen molar-refractivity contribution in [1.29, 1.82) is 0 Å². The van der Waals surface area contributed by atoms with E-state index in [0.29, 0.717) is 10.8 Å². The second-order valence-corrected chi connectivity index (χ2v) is 11.7. The number of fused-ring (bicyclic) bond motifs is 5. The average molecular weight is 381 g/mol. The van der Waals surface area contributed by atoms with Crippen molar-refractivity contribution in [2.24, 2.45) is 40.4 Å². The second-order valence-electron chi connectivity index (χ2n) is 11.7. The molecule has 0 aromatic rings. The molecule has 0 nitrogen and oxygen atoms in total. The fourth-order valence-electron chi connectivity index (χ4n) is 8.48. The van der Waals surface area contributed by atoms with Gasteiger partial charge >= 0.3 is 0 Å². The monoisotopic (exact) mass is 380 g/mol. The Balaban J connectivity index is 1.57. The molecule has 0 aromatic carbocycles. The summed E-state index contributed by atoms with van der Waals surface area (Å²) in [7, 11) is 0. The Morgan fingerprint density at radius 3 is 2.43 bits per heavy atom. The Bertz CT molecular complexity index is 687. The van der Waals surface area contributed by atoms with E-state index in [1.165, 1.54) is 63.4 Å². The molecule has 4 unspecified atom stereocenters. The smallest absolute Gasteiger partial charge is 0.0144 e. The van der Waals surface area contributed by atoms with Crippen LogP contribution in [0, 0.1) is 40.4 Å². The summed E-state index contributed by atoms with van der Waals surface area (Å²) in [5.74, 6) is 4.54. The van der Waals surface area contributed by atoms with E-state index >= 15 is 0 Å². The Morgan fingerprint density at radius 1 is 1.00 bits per heavy atom. The van der Waals surface area contributed by atoms with Gasteiger partial charge in [0.15, 0.2) is 0 Å². The molecule has 7 atom stereocenters. The van der Waals surface area contributed by atoms with Crippen LogP contribution in [0.15, 0.2) is 34.9 Å². The van der Waals surface area contributed by atoms with Crippen molar-refractivity contribution >= 4 is 0 Å². The summed E-state index contributed by atoms with van der Waals surface area (Å²) < 4.78 is 0. The Morgan fingerprint density at radius 2 is 1.68 bits per heavy atom. The quantitative estimate of drug-likeness (QED) is 0.430. The molecule has 0 aromatic heterocycles. The van der Waals surface area contributed by atoms with E-state index in [-0.39, 0.29) is 0 Å². The highest BCUT2D eigenvalue weighted by Gasteiger charge is 2.59. The van der Waals surface area contributed by atoms with Crippen molar-refractivity contribution in [3.05, 3.63) is 34.9 Å². The van der Waals surface area contributed by atoms with Crippen molar-refractivity contribution in [1.82, 2.24) is 0 Å². The fourth-order valence-corrected chi connectivity index (χ4v) is 8.48. The highest BCUT2D eigenvalue weighted by molar-refractivity contribution is 5.27. The molecule has 4 aliphatic carbocycles. The Labute approximate surface area is 175 Å². The second kappa shape index (κ2) is 7.48. The van der Waals surface area contributed by atoms with E-state index in [4.69, 9.17) is 0 Å². The molecular weight excluding hydrogens is 336 g/mol. The van der Waals surface area contributed by atoms with Gasteiger partial charge in [0.2, 0.25) is 0 Å². The number of hydrogen-bond acceptors (Lipinski definition) is 0. The highest BCUT2D eigenvalue weighted by atomic mass is 14.6. The molecule has 0 radical (unpaired) electrons. The van der Waals surface area contributed by atoms with Crippen LogP contribution in [0.2, 0.25) is 0 Å². The van der Waals surface area contributed by atoms with Gasteiger partial charge in [-0.2, -0.15) is 0 Å². The topological polar surface area (TPSA) is 0 Å². The number of allylic oxidation sites excluding steroid dienone is 6. The van der Waals surface area contributed by atoms with E-state index in [9.17, 15) is 0 Å². The van der Waals surface area contributed by atoms with E-state index < -0.39 is 0 Å². The van der Waals surface area contributed by atoms with Gasteiger partial charge in [-0.25, -0.2) is 0 Å². The molecule has 0 aliphatic heterocycles. The highest BCUT2D eigenvalue weighted by Crippen LogP contribution is 2.68. The van der Waals surface area contributed by atoms with Crippen LogP contribution in [0.5, 0.6) is 0 Å². The van der Waals surface area contributed by atoms with Crippen LogP contribution in [-0.4, -0.2) is 0 Å². The largest absolute Gasteiger partial charge is 0.0877 e. The molecule has 3 saturated carbocycles. The zero-order chi connectivity index (χ0) is 20.1. The summed E-state index contributed by atoms with van der Waals surface area (Å²) in [6.45, 7) is 14.8. The minimum absolute atomic E-state index is 0.565. The van der Waals surface area contributed by atoms with Crippen LogP contribution in [0.4, 0.5) is 0 Å². The van der Waals surface area contributed by atoms with Crippen LogP contribution in [0.3, 0.4) is 0 Å². The van der Waals surface area contributed by atoms with Crippen LogP contribution in [0.25, 0.3) is 0 Å². The van der Waals surface area contributed by atoms with E-state index in [2.05, 4.69) is 59.8 Å². The summed E-state index contributed by atoms with van der Waals surface area (Å²) in [5, 5.41) is 0. The van der Waals surface area contributed by atoms with Crippen molar-refractivity contribution in [2.45, 2.75) is 99.3 Å². The van der Waals surface area contributed by atoms with Crippen LogP contribution in [0.1, 0.15) is 99.3 Å². The maximum Gasteiger partial charge on any atom is -0.0144 e. The van der Waals surface area contributed by atoms with Crippen LogP contribution < -0.4 is 0 Å². The van der Waals surface area contributed by atoms with Crippen LogP contribution >= 0.6 is 0 Å². The SMILES string of the molecule is CC(C)=CCC/C(C)=C1/CC[C@@]2(C)C1CC[C@@H]1C2CCC2C(C)C=CC[C@@]21C. The van der Waals surface area contributed by atoms with E-state index in [1.54, 1.807) is 5.57 Å². The number of rotatable bonds is 3. The third kappa shape index (κ3) is 3.18. The average Bonchev–Trinajstić information content (AvgIpc) is 2.99. The van der Waals surface area contributed by atoms with Crippen molar-refractivity contribution in [3.63, 3.8) is 0 Å². The van der Waals surface area contributed by atoms with Crippen molar-refractivity contribution in [2.75, 3.05) is 0 Å². The molecule has 0 spiro atoms. The summed E-state index contributed by atoms with van der Waals surface area (Å²) in [6, 6.07) is 0. The van der Waals surface area contributed by atoms with Gasteiger partial charge in [0.25, 0.3) is 0 Å². The van der Waals surface area contributed by atoms with Gasteiger partial charge < -0.3 is 0 Å². The molecule has 0 bridgehead atoms. The standard InChI is InChI=1S/C28H44/c1-19(2)9-7-10-20(3)22-16-18-28(6)24(22)13-15-25-26(28)14-12-23-21(4)11-8-17-27(23,25)5/h8-9,11,21,23-26H,7,10,12-18H2,1-6H3/b22-20-/t21?,23?,24?,25-,26?,27+,28+/m1/s1. The van der Waals surface area contributed by atoms with Gasteiger partial charge in [-0.3, -0.25) is 0 Å². The third-order valence-electron chi connectivity index (χ3n) is 9.98. The van der Waals surface area contributed by atoms with E-state index in [0.717, 1.165) is 29.6 Å². The molecular formula is C28H44. The Kier molecular flexibility index (Phi) is 5.47. The first-order valence-electron chi connectivity index (χ1n) is 12.3. The summed E-state index contributed by atoms with van der Waals surface area (Å²) >= 11 is 0. The zero-order valence-corrected chi connectivity index (χ0v) is 19.5. The summed E-state index contributed by atoms with van der Waals surface area (Å²) in [4.78, 5) is 0. The van der Waals surface area contributed by atoms with Gasteiger partial charge in [-0.15, -0.1) is 0 Å².